The fourth-order valence-corrected chi connectivity index (χ4v) is 5.96. The first-order valence-electron chi connectivity index (χ1n) is 12.3. The molecule has 3 aromatic heterocycles. The third-order valence-electron chi connectivity index (χ3n) is 7.40. The first-order chi connectivity index (χ1) is 17.4. The quantitative estimate of drug-likeness (QED) is 0.465. The van der Waals surface area contributed by atoms with Crippen molar-refractivity contribution in [3.8, 4) is 0 Å². The van der Waals surface area contributed by atoms with Crippen LogP contribution in [0.5, 0.6) is 0 Å². The van der Waals surface area contributed by atoms with E-state index in [4.69, 9.17) is 34.7 Å². The number of nitrogens with two attached hydrogens (primary N) is 2. The van der Waals surface area contributed by atoms with Gasteiger partial charge in [-0.3, -0.25) is 19.0 Å². The van der Waals surface area contributed by atoms with Gasteiger partial charge >= 0.3 is 0 Å². The lowest BCUT2D eigenvalue weighted by molar-refractivity contribution is 0.0611. The number of hydrogen-bond acceptors (Lipinski definition) is 8. The van der Waals surface area contributed by atoms with Crippen LogP contribution in [0, 0.1) is 0 Å². The molecular weight excluding hydrogens is 501 g/mol. The number of aromatic nitrogens is 4. The highest BCUT2D eigenvalue weighted by molar-refractivity contribution is 6.32. The van der Waals surface area contributed by atoms with Gasteiger partial charge in [-0.15, -0.1) is 0 Å². The van der Waals surface area contributed by atoms with Crippen molar-refractivity contribution >= 4 is 46.4 Å². The van der Waals surface area contributed by atoms with Gasteiger partial charge in [0.15, 0.2) is 22.5 Å². The Morgan fingerprint density at radius 3 is 2.64 bits per heavy atom. The summed E-state index contributed by atoms with van der Waals surface area (Å²) in [6.07, 6.45) is 6.95. The van der Waals surface area contributed by atoms with Crippen LogP contribution in [0.25, 0.3) is 5.65 Å². The molecule has 0 unspecified atom stereocenters. The summed E-state index contributed by atoms with van der Waals surface area (Å²) in [4.78, 5) is 31.7. The number of carbonyl (C=O) groups is 1. The molecule has 0 aliphatic carbocycles. The van der Waals surface area contributed by atoms with Gasteiger partial charge in [-0.1, -0.05) is 36.2 Å². The Morgan fingerprint density at radius 1 is 1.14 bits per heavy atom. The summed E-state index contributed by atoms with van der Waals surface area (Å²) in [6, 6.07) is 4.93. The van der Waals surface area contributed by atoms with Gasteiger partial charge in [0.2, 0.25) is 0 Å². The number of halogens is 2. The molecule has 0 saturated carbocycles. The molecule has 2 fully saturated rings. The van der Waals surface area contributed by atoms with E-state index in [0.29, 0.717) is 23.1 Å². The van der Waals surface area contributed by atoms with E-state index >= 15 is 0 Å². The van der Waals surface area contributed by atoms with Gasteiger partial charge in [0.25, 0.3) is 5.91 Å². The number of nitrogens with zero attached hydrogens (tertiary/aromatic N) is 7. The van der Waals surface area contributed by atoms with Crippen molar-refractivity contribution in [3.63, 3.8) is 0 Å². The number of amides is 1. The molecule has 36 heavy (non-hydrogen) atoms. The van der Waals surface area contributed by atoms with Crippen molar-refractivity contribution in [3.05, 3.63) is 46.1 Å². The number of primary amides is 1. The number of likely N-dealkylation sites (tertiary alicyclic amines) is 1. The minimum atomic E-state index is -0.735. The number of piperazine rings is 1. The minimum Gasteiger partial charge on any atom is -0.382 e. The van der Waals surface area contributed by atoms with Crippen LogP contribution in [0.3, 0.4) is 0 Å². The van der Waals surface area contributed by atoms with Crippen LogP contribution in [0.15, 0.2) is 24.5 Å². The topological polar surface area (TPSA) is 122 Å². The fourth-order valence-electron chi connectivity index (χ4n) is 5.52. The van der Waals surface area contributed by atoms with Crippen LogP contribution in [0.1, 0.15) is 42.2 Å². The molecule has 4 N–H and O–H groups in total. The van der Waals surface area contributed by atoms with Gasteiger partial charge in [-0.05, 0) is 38.4 Å². The van der Waals surface area contributed by atoms with E-state index in [1.165, 1.54) is 5.56 Å². The summed E-state index contributed by atoms with van der Waals surface area (Å²) < 4.78 is 1.93. The lowest BCUT2D eigenvalue weighted by Gasteiger charge is -2.47. The molecule has 1 atom stereocenters. The number of pyridine rings is 1. The summed E-state index contributed by atoms with van der Waals surface area (Å²) in [5.41, 5.74) is 13.3. The smallest absolute Gasteiger partial charge is 0.271 e. The average molecular weight is 532 g/mol. The molecule has 1 amide bonds. The van der Waals surface area contributed by atoms with Gasteiger partial charge in [0.1, 0.15) is 10.8 Å². The van der Waals surface area contributed by atoms with Gasteiger partial charge in [-0.2, -0.15) is 0 Å². The molecule has 2 aliphatic heterocycles. The van der Waals surface area contributed by atoms with E-state index in [0.717, 1.165) is 64.2 Å². The van der Waals surface area contributed by atoms with Crippen LogP contribution in [0.4, 0.5) is 11.6 Å². The Hall–Kier alpha value is -2.66. The summed E-state index contributed by atoms with van der Waals surface area (Å²) in [6.45, 7) is 7.62. The van der Waals surface area contributed by atoms with Gasteiger partial charge in [-0.25, -0.2) is 15.0 Å². The SMILES string of the molecule is CC[C@H]1CN(c2nc(N)c(C(N)=O)nc2Cl)CCN1C1CCN(Cc2ccc(Cl)n3ccnc23)CC1. The van der Waals surface area contributed by atoms with Crippen molar-refractivity contribution in [2.45, 2.75) is 44.8 Å². The molecule has 0 aromatic carbocycles. The lowest BCUT2D eigenvalue weighted by atomic mass is 9.98. The molecule has 192 valence electrons. The zero-order valence-electron chi connectivity index (χ0n) is 20.3. The highest BCUT2D eigenvalue weighted by Gasteiger charge is 2.34. The van der Waals surface area contributed by atoms with Crippen molar-refractivity contribution < 1.29 is 4.79 Å². The lowest BCUT2D eigenvalue weighted by Crippen LogP contribution is -2.58. The Balaban J connectivity index is 1.21. The fraction of sp³-hybridized carbons (Fsp3) is 0.500. The summed E-state index contributed by atoms with van der Waals surface area (Å²) >= 11 is 12.7. The second-order valence-corrected chi connectivity index (χ2v) is 10.2. The summed E-state index contributed by atoms with van der Waals surface area (Å²) in [5.74, 6) is -0.209. The predicted octanol–water partition coefficient (Wildman–Crippen LogP) is 2.68. The molecule has 2 aliphatic rings. The number of nitrogen functional groups attached to an aromatic ring is 1. The Bertz CT molecular complexity index is 1260. The summed E-state index contributed by atoms with van der Waals surface area (Å²) in [7, 11) is 0. The van der Waals surface area contributed by atoms with Crippen molar-refractivity contribution in [1.29, 1.82) is 0 Å². The molecule has 0 spiro atoms. The van der Waals surface area contributed by atoms with E-state index in [2.05, 4.69) is 42.6 Å². The second-order valence-electron chi connectivity index (χ2n) is 9.49. The molecule has 2 saturated heterocycles. The largest absolute Gasteiger partial charge is 0.382 e. The van der Waals surface area contributed by atoms with Crippen LogP contribution in [-0.2, 0) is 6.54 Å². The predicted molar refractivity (Wildman–Crippen MR) is 141 cm³/mol. The van der Waals surface area contributed by atoms with Crippen molar-refractivity contribution in [1.82, 2.24) is 29.2 Å². The van der Waals surface area contributed by atoms with Crippen LogP contribution >= 0.6 is 23.2 Å². The first-order valence-corrected chi connectivity index (χ1v) is 13.1. The van der Waals surface area contributed by atoms with E-state index in [1.54, 1.807) is 6.20 Å². The summed E-state index contributed by atoms with van der Waals surface area (Å²) in [5, 5.41) is 0.830. The molecular formula is C24H31Cl2N9O. The average Bonchev–Trinajstić information content (AvgIpc) is 3.38. The number of carbonyl (C=O) groups excluding carboxylic acids is 1. The van der Waals surface area contributed by atoms with E-state index in [-0.39, 0.29) is 16.7 Å². The van der Waals surface area contributed by atoms with Crippen LogP contribution in [-0.4, -0.2) is 79.9 Å². The molecule has 12 heteroatoms. The molecule has 5 heterocycles. The third kappa shape index (κ3) is 4.82. The van der Waals surface area contributed by atoms with Crippen molar-refractivity contribution in [2.75, 3.05) is 43.4 Å². The molecule has 0 bridgehead atoms. The molecule has 3 aromatic rings. The minimum absolute atomic E-state index is 0.0121. The highest BCUT2D eigenvalue weighted by Crippen LogP contribution is 2.30. The number of hydrogen-bond donors (Lipinski definition) is 2. The molecule has 0 radical (unpaired) electrons. The number of fused-ring (bicyclic) bond motifs is 1. The van der Waals surface area contributed by atoms with Crippen LogP contribution < -0.4 is 16.4 Å². The van der Waals surface area contributed by atoms with E-state index < -0.39 is 5.91 Å². The maximum absolute atomic E-state index is 11.5. The maximum Gasteiger partial charge on any atom is 0.271 e. The van der Waals surface area contributed by atoms with Gasteiger partial charge in [0.05, 0.1) is 0 Å². The standard InChI is InChI=1S/C24H31Cl2N9O/c1-2-16-14-33(24-20(26)30-19(22(28)36)21(27)31-24)11-12-34(16)17-5-8-32(9-6-17)13-15-3-4-18(25)35-10-7-29-23(15)35/h3-4,7,10,16-17H,2,5-6,8-9,11-14H2,1H3,(H2,27,31)(H2,28,36)/t16-/m0/s1. The number of imidazole rings is 1. The van der Waals surface area contributed by atoms with E-state index in [9.17, 15) is 4.79 Å². The first kappa shape index (κ1) is 25.0. The van der Waals surface area contributed by atoms with Gasteiger partial charge < -0.3 is 16.4 Å². The van der Waals surface area contributed by atoms with Crippen LogP contribution in [0.2, 0.25) is 10.3 Å². The highest BCUT2D eigenvalue weighted by atomic mass is 35.5. The molecule has 10 nitrogen and oxygen atoms in total. The number of piperidine rings is 1. The number of rotatable bonds is 6. The molecule has 5 rings (SSSR count). The normalized spacial score (nSPS) is 20.3. The van der Waals surface area contributed by atoms with Crippen molar-refractivity contribution in [2.24, 2.45) is 5.73 Å². The zero-order chi connectivity index (χ0) is 25.4. The maximum atomic E-state index is 11.5. The zero-order valence-corrected chi connectivity index (χ0v) is 21.8. The Morgan fingerprint density at radius 2 is 1.92 bits per heavy atom. The van der Waals surface area contributed by atoms with E-state index in [1.807, 2.05) is 16.7 Å². The Labute approximate surface area is 220 Å². The van der Waals surface area contributed by atoms with Gasteiger partial charge in [0, 0.05) is 56.2 Å². The third-order valence-corrected chi connectivity index (χ3v) is 7.96. The Kier molecular flexibility index (Phi) is 7.21. The number of anilines is 2. The monoisotopic (exact) mass is 531 g/mol. The second kappa shape index (κ2) is 10.4.